The average molecular weight is 399 g/mol. The number of anilines is 1. The van der Waals surface area contributed by atoms with Gasteiger partial charge in [-0.25, -0.2) is 9.59 Å². The number of ether oxygens (including phenoxy) is 2. The number of benzene rings is 2. The van der Waals surface area contributed by atoms with E-state index in [0.717, 1.165) is 11.3 Å². The van der Waals surface area contributed by atoms with Crippen LogP contribution in [0.5, 0.6) is 5.75 Å². The molecule has 4 N–H and O–H groups in total. The Morgan fingerprint density at radius 3 is 2.31 bits per heavy atom. The fourth-order valence-electron chi connectivity index (χ4n) is 2.42. The van der Waals surface area contributed by atoms with Crippen LogP contribution in [0.25, 0.3) is 0 Å². The highest BCUT2D eigenvalue weighted by molar-refractivity contribution is 6.02. The second-order valence-electron chi connectivity index (χ2n) is 5.93. The largest absolute Gasteiger partial charge is 0.497 e. The number of amides is 4. The van der Waals surface area contributed by atoms with Crippen LogP contribution in [0.1, 0.15) is 22.3 Å². The number of carbonyl (C=O) groups excluding carboxylic acids is 4. The van der Waals surface area contributed by atoms with Crippen LogP contribution in [0.2, 0.25) is 0 Å². The summed E-state index contributed by atoms with van der Waals surface area (Å²) in [5.74, 6) is -1.23. The summed E-state index contributed by atoms with van der Waals surface area (Å²) in [6.45, 7) is -0.679. The maximum atomic E-state index is 12.3. The molecule has 4 amide bonds. The van der Waals surface area contributed by atoms with E-state index in [1.807, 2.05) is 24.3 Å². The molecular weight excluding hydrogens is 378 g/mol. The molecule has 152 valence electrons. The lowest BCUT2D eigenvalue weighted by Crippen LogP contribution is -2.37. The third-order valence-electron chi connectivity index (χ3n) is 3.82. The van der Waals surface area contributed by atoms with Gasteiger partial charge in [-0.15, -0.1) is 0 Å². The van der Waals surface area contributed by atoms with Crippen molar-refractivity contribution < 1.29 is 28.7 Å². The van der Waals surface area contributed by atoms with Crippen molar-refractivity contribution in [3.05, 3.63) is 59.7 Å². The minimum Gasteiger partial charge on any atom is -0.497 e. The minimum atomic E-state index is -1.05. The molecule has 9 nitrogen and oxygen atoms in total. The molecule has 2 aromatic rings. The molecule has 2 rings (SSSR count). The molecule has 0 aliphatic rings. The van der Waals surface area contributed by atoms with Crippen LogP contribution < -0.4 is 21.1 Å². The number of urea groups is 1. The fourth-order valence-corrected chi connectivity index (χ4v) is 2.42. The molecule has 0 spiro atoms. The third kappa shape index (κ3) is 6.98. The number of carbonyl (C=O) groups is 4. The van der Waals surface area contributed by atoms with E-state index < -0.39 is 24.5 Å². The summed E-state index contributed by atoms with van der Waals surface area (Å²) in [6.07, 6.45) is 0.715. The Kier molecular flexibility index (Phi) is 7.72. The van der Waals surface area contributed by atoms with Gasteiger partial charge in [0.05, 0.1) is 18.4 Å². The number of aryl methyl sites for hydroxylation is 1. The number of imide groups is 1. The zero-order valence-corrected chi connectivity index (χ0v) is 15.8. The Hall–Kier alpha value is -3.88. The molecule has 0 unspecified atom stereocenters. The highest BCUT2D eigenvalue weighted by Gasteiger charge is 2.16. The van der Waals surface area contributed by atoms with Crippen LogP contribution in [0.3, 0.4) is 0 Å². The first-order valence-electron chi connectivity index (χ1n) is 8.67. The summed E-state index contributed by atoms with van der Waals surface area (Å²) in [5.41, 5.74) is 6.11. The Balaban J connectivity index is 1.93. The predicted molar refractivity (Wildman–Crippen MR) is 104 cm³/mol. The van der Waals surface area contributed by atoms with Gasteiger partial charge in [-0.05, 0) is 36.2 Å². The molecule has 0 bridgehead atoms. The van der Waals surface area contributed by atoms with E-state index in [0.29, 0.717) is 6.42 Å². The second kappa shape index (κ2) is 10.5. The van der Waals surface area contributed by atoms with Gasteiger partial charge in [-0.2, -0.15) is 0 Å². The standard InChI is InChI=1S/C20H21N3O6/c1-28-14-9-6-13(7-10-14)8-11-17(24)22-16-5-3-2-4-15(16)19(26)29-12-18(25)23-20(21)27/h2-7,9-10H,8,11-12H2,1H3,(H,22,24)(H3,21,23,25,27). The van der Waals surface area contributed by atoms with Gasteiger partial charge in [0.2, 0.25) is 5.91 Å². The van der Waals surface area contributed by atoms with E-state index in [9.17, 15) is 19.2 Å². The smallest absolute Gasteiger partial charge is 0.340 e. The van der Waals surface area contributed by atoms with Gasteiger partial charge < -0.3 is 20.5 Å². The lowest BCUT2D eigenvalue weighted by Gasteiger charge is -2.11. The molecule has 0 saturated carbocycles. The summed E-state index contributed by atoms with van der Waals surface area (Å²) < 4.78 is 9.93. The van der Waals surface area contributed by atoms with E-state index in [2.05, 4.69) is 5.32 Å². The first-order valence-corrected chi connectivity index (χ1v) is 8.67. The maximum absolute atomic E-state index is 12.3. The fraction of sp³-hybridized carbons (Fsp3) is 0.200. The van der Waals surface area contributed by atoms with Crippen molar-refractivity contribution in [2.45, 2.75) is 12.8 Å². The van der Waals surface area contributed by atoms with Gasteiger partial charge in [0, 0.05) is 6.42 Å². The Labute approximate surface area is 167 Å². The summed E-state index contributed by atoms with van der Waals surface area (Å²) in [7, 11) is 1.58. The summed E-state index contributed by atoms with van der Waals surface area (Å²) in [5, 5.41) is 4.45. The van der Waals surface area contributed by atoms with E-state index in [4.69, 9.17) is 15.2 Å². The summed E-state index contributed by atoms with van der Waals surface area (Å²) in [4.78, 5) is 46.4. The number of hydrogen-bond donors (Lipinski definition) is 3. The topological polar surface area (TPSA) is 137 Å². The molecule has 0 aromatic heterocycles. The van der Waals surface area contributed by atoms with Gasteiger partial charge in [0.15, 0.2) is 6.61 Å². The van der Waals surface area contributed by atoms with E-state index >= 15 is 0 Å². The SMILES string of the molecule is COc1ccc(CCC(=O)Nc2ccccc2C(=O)OCC(=O)NC(N)=O)cc1. The lowest BCUT2D eigenvalue weighted by atomic mass is 10.1. The number of para-hydroxylation sites is 1. The molecule has 0 saturated heterocycles. The van der Waals surface area contributed by atoms with Gasteiger partial charge in [0.25, 0.3) is 5.91 Å². The maximum Gasteiger partial charge on any atom is 0.340 e. The number of methoxy groups -OCH3 is 1. The van der Waals surface area contributed by atoms with Crippen LogP contribution in [0.4, 0.5) is 10.5 Å². The van der Waals surface area contributed by atoms with E-state index in [-0.39, 0.29) is 23.6 Å². The van der Waals surface area contributed by atoms with Crippen molar-refractivity contribution in [2.24, 2.45) is 5.73 Å². The Bertz CT molecular complexity index is 895. The summed E-state index contributed by atoms with van der Waals surface area (Å²) >= 11 is 0. The summed E-state index contributed by atoms with van der Waals surface area (Å²) in [6, 6.07) is 12.6. The number of nitrogens with one attached hydrogen (secondary N) is 2. The number of primary amides is 1. The lowest BCUT2D eigenvalue weighted by molar-refractivity contribution is -0.123. The highest BCUT2D eigenvalue weighted by Crippen LogP contribution is 2.17. The number of hydrogen-bond acceptors (Lipinski definition) is 6. The predicted octanol–water partition coefficient (Wildman–Crippen LogP) is 1.62. The van der Waals surface area contributed by atoms with Crippen LogP contribution >= 0.6 is 0 Å². The van der Waals surface area contributed by atoms with Crippen molar-refractivity contribution in [1.29, 1.82) is 0 Å². The molecule has 0 fully saturated rings. The highest BCUT2D eigenvalue weighted by atomic mass is 16.5. The van der Waals surface area contributed by atoms with Crippen LogP contribution in [-0.2, 0) is 20.7 Å². The normalized spacial score (nSPS) is 9.97. The zero-order valence-electron chi connectivity index (χ0n) is 15.8. The minimum absolute atomic E-state index is 0.0807. The van der Waals surface area contributed by atoms with E-state index in [1.54, 1.807) is 30.6 Å². The number of nitrogens with two attached hydrogens (primary N) is 1. The van der Waals surface area contributed by atoms with Gasteiger partial charge in [-0.3, -0.25) is 14.9 Å². The zero-order chi connectivity index (χ0) is 21.2. The van der Waals surface area contributed by atoms with Crippen LogP contribution in [0.15, 0.2) is 48.5 Å². The second-order valence-corrected chi connectivity index (χ2v) is 5.93. The van der Waals surface area contributed by atoms with Crippen molar-refractivity contribution in [3.8, 4) is 5.75 Å². The Morgan fingerprint density at radius 2 is 1.66 bits per heavy atom. The molecular formula is C20H21N3O6. The molecule has 0 heterocycles. The average Bonchev–Trinajstić information content (AvgIpc) is 2.71. The monoisotopic (exact) mass is 399 g/mol. The van der Waals surface area contributed by atoms with Crippen molar-refractivity contribution in [1.82, 2.24) is 5.32 Å². The Morgan fingerprint density at radius 1 is 0.966 bits per heavy atom. The molecule has 0 radical (unpaired) electrons. The van der Waals surface area contributed by atoms with Crippen molar-refractivity contribution in [3.63, 3.8) is 0 Å². The first kappa shape index (κ1) is 21.4. The number of esters is 1. The van der Waals surface area contributed by atoms with Gasteiger partial charge in [0.1, 0.15) is 5.75 Å². The van der Waals surface area contributed by atoms with E-state index in [1.165, 1.54) is 6.07 Å². The molecule has 0 aliphatic carbocycles. The van der Waals surface area contributed by atoms with Crippen molar-refractivity contribution >= 4 is 29.5 Å². The molecule has 2 aromatic carbocycles. The van der Waals surface area contributed by atoms with Crippen LogP contribution in [0, 0.1) is 0 Å². The van der Waals surface area contributed by atoms with Gasteiger partial charge >= 0.3 is 12.0 Å². The van der Waals surface area contributed by atoms with Crippen molar-refractivity contribution in [2.75, 3.05) is 19.0 Å². The number of rotatable bonds is 8. The quantitative estimate of drug-likeness (QED) is 0.577. The molecule has 0 aliphatic heterocycles. The molecule has 0 atom stereocenters. The van der Waals surface area contributed by atoms with Crippen LogP contribution in [-0.4, -0.2) is 37.5 Å². The molecule has 9 heteroatoms. The first-order chi connectivity index (χ1) is 13.9. The van der Waals surface area contributed by atoms with Gasteiger partial charge in [-0.1, -0.05) is 24.3 Å². The third-order valence-corrected chi connectivity index (χ3v) is 3.82. The molecule has 29 heavy (non-hydrogen) atoms.